The zero-order valence-corrected chi connectivity index (χ0v) is 8.94. The Morgan fingerprint density at radius 2 is 1.69 bits per heavy atom. The van der Waals surface area contributed by atoms with Crippen LogP contribution in [0.15, 0.2) is 0 Å². The molecule has 0 aromatic carbocycles. The molecule has 2 amide bonds. The molecule has 0 aliphatic carbocycles. The van der Waals surface area contributed by atoms with Crippen LogP contribution in [0.5, 0.6) is 0 Å². The number of aliphatic carboxylic acids is 1. The van der Waals surface area contributed by atoms with E-state index in [-0.39, 0.29) is 18.9 Å². The highest BCUT2D eigenvalue weighted by molar-refractivity contribution is 5.81. The van der Waals surface area contributed by atoms with Crippen LogP contribution in [-0.2, 0) is 14.4 Å². The van der Waals surface area contributed by atoms with Crippen molar-refractivity contribution in [1.82, 2.24) is 5.32 Å². The summed E-state index contributed by atoms with van der Waals surface area (Å²) in [6.07, 6.45) is 1.89. The third-order valence-electron chi connectivity index (χ3n) is 1.98. The summed E-state index contributed by atoms with van der Waals surface area (Å²) in [5.41, 5.74) is 9.39. The van der Waals surface area contributed by atoms with E-state index in [2.05, 4.69) is 5.32 Å². The van der Waals surface area contributed by atoms with Crippen molar-refractivity contribution >= 4 is 17.8 Å². The summed E-state index contributed by atoms with van der Waals surface area (Å²) in [5.74, 6) is -1.71. The number of carboxylic acids is 1. The minimum absolute atomic E-state index is 0.0509. The summed E-state index contributed by atoms with van der Waals surface area (Å²) in [6, 6.07) is -0.269. The van der Waals surface area contributed by atoms with Gasteiger partial charge in [-0.2, -0.15) is 0 Å². The van der Waals surface area contributed by atoms with Crippen LogP contribution in [0.3, 0.4) is 0 Å². The number of carboxylic acid groups (broad SMARTS) is 1. The van der Waals surface area contributed by atoms with E-state index >= 15 is 0 Å². The van der Waals surface area contributed by atoms with E-state index in [4.69, 9.17) is 16.6 Å². The maximum absolute atomic E-state index is 10.1. The van der Waals surface area contributed by atoms with Crippen molar-refractivity contribution in [3.8, 4) is 0 Å². The lowest BCUT2D eigenvalue weighted by atomic mass is 10.2. The second-order valence-corrected chi connectivity index (χ2v) is 3.42. The molecule has 1 aliphatic heterocycles. The molecule has 0 aromatic heterocycles. The Kier molecular flexibility index (Phi) is 6.86. The average Bonchev–Trinajstić information content (AvgIpc) is 2.68. The number of hydrogen-bond donors (Lipinski definition) is 4. The number of nitrogens with two attached hydrogens (primary N) is 2. The van der Waals surface area contributed by atoms with Crippen LogP contribution >= 0.6 is 0 Å². The minimum atomic E-state index is -0.720. The van der Waals surface area contributed by atoms with Crippen molar-refractivity contribution in [2.24, 2.45) is 11.5 Å². The second-order valence-electron chi connectivity index (χ2n) is 3.42. The Bertz CT molecular complexity index is 247. The van der Waals surface area contributed by atoms with E-state index in [0.717, 1.165) is 19.4 Å². The first kappa shape index (κ1) is 14.4. The highest BCUT2D eigenvalue weighted by atomic mass is 16.4. The van der Waals surface area contributed by atoms with Gasteiger partial charge < -0.3 is 21.9 Å². The summed E-state index contributed by atoms with van der Waals surface area (Å²) in [5, 5.41) is 11.2. The SMILES string of the molecule is NC(=O)CCC(N)=O.O=C(O)[C@@H]1CCCN1. The summed E-state index contributed by atoms with van der Waals surface area (Å²) in [7, 11) is 0. The number of amides is 2. The maximum Gasteiger partial charge on any atom is 0.320 e. The van der Waals surface area contributed by atoms with Crippen LogP contribution in [0.2, 0.25) is 0 Å². The zero-order valence-electron chi connectivity index (χ0n) is 8.94. The Hall–Kier alpha value is -1.63. The molecule has 1 rings (SSSR count). The van der Waals surface area contributed by atoms with Gasteiger partial charge in [0.05, 0.1) is 0 Å². The standard InChI is InChI=1S/C5H9NO2.C4H8N2O2/c7-5(8)4-2-1-3-6-4;5-3(7)1-2-4(6)8/h4,6H,1-3H2,(H,7,8);1-2H2,(H2,5,7)(H2,6,8)/t4-;/m0./s1. The number of hydrogen-bond acceptors (Lipinski definition) is 4. The van der Waals surface area contributed by atoms with Gasteiger partial charge in [-0.3, -0.25) is 14.4 Å². The van der Waals surface area contributed by atoms with Gasteiger partial charge in [-0.1, -0.05) is 0 Å². The van der Waals surface area contributed by atoms with E-state index in [1.165, 1.54) is 0 Å². The monoisotopic (exact) mass is 231 g/mol. The minimum Gasteiger partial charge on any atom is -0.480 e. The number of primary amides is 2. The van der Waals surface area contributed by atoms with Crippen LogP contribution < -0.4 is 16.8 Å². The van der Waals surface area contributed by atoms with Crippen LogP contribution in [0.1, 0.15) is 25.7 Å². The highest BCUT2D eigenvalue weighted by Gasteiger charge is 2.20. The molecule has 0 spiro atoms. The molecule has 1 heterocycles. The third kappa shape index (κ3) is 7.74. The van der Waals surface area contributed by atoms with E-state index in [9.17, 15) is 14.4 Å². The smallest absolute Gasteiger partial charge is 0.320 e. The zero-order chi connectivity index (χ0) is 12.6. The van der Waals surface area contributed by atoms with Crippen LogP contribution in [0.25, 0.3) is 0 Å². The quantitative estimate of drug-likeness (QED) is 0.470. The largest absolute Gasteiger partial charge is 0.480 e. The van der Waals surface area contributed by atoms with E-state index < -0.39 is 17.8 Å². The predicted octanol–water partition coefficient (Wildman–Crippen LogP) is -1.44. The third-order valence-corrected chi connectivity index (χ3v) is 1.98. The number of carbonyl (C=O) groups is 3. The highest BCUT2D eigenvalue weighted by Crippen LogP contribution is 2.03. The average molecular weight is 231 g/mol. The molecular weight excluding hydrogens is 214 g/mol. The number of carbonyl (C=O) groups excluding carboxylic acids is 2. The Morgan fingerprint density at radius 3 is 1.88 bits per heavy atom. The first-order valence-electron chi connectivity index (χ1n) is 4.96. The van der Waals surface area contributed by atoms with Crippen LogP contribution in [0, 0.1) is 0 Å². The molecule has 0 saturated carbocycles. The Labute approximate surface area is 93.2 Å². The lowest BCUT2D eigenvalue weighted by Crippen LogP contribution is -2.29. The summed E-state index contributed by atoms with van der Waals surface area (Å²) >= 11 is 0. The maximum atomic E-state index is 10.1. The van der Waals surface area contributed by atoms with Gasteiger partial charge in [0.1, 0.15) is 6.04 Å². The van der Waals surface area contributed by atoms with Gasteiger partial charge in [0.25, 0.3) is 0 Å². The molecule has 7 nitrogen and oxygen atoms in total. The van der Waals surface area contributed by atoms with Crippen molar-refractivity contribution in [3.05, 3.63) is 0 Å². The molecule has 0 bridgehead atoms. The van der Waals surface area contributed by atoms with Crippen molar-refractivity contribution < 1.29 is 19.5 Å². The Balaban J connectivity index is 0.000000281. The molecule has 1 aliphatic rings. The molecule has 0 aromatic rings. The van der Waals surface area contributed by atoms with E-state index in [1.54, 1.807) is 0 Å². The fourth-order valence-electron chi connectivity index (χ4n) is 1.14. The van der Waals surface area contributed by atoms with Gasteiger partial charge in [-0.25, -0.2) is 0 Å². The van der Waals surface area contributed by atoms with Crippen molar-refractivity contribution in [2.45, 2.75) is 31.7 Å². The van der Waals surface area contributed by atoms with Gasteiger partial charge >= 0.3 is 5.97 Å². The molecule has 92 valence electrons. The predicted molar refractivity (Wildman–Crippen MR) is 56.3 cm³/mol. The van der Waals surface area contributed by atoms with Gasteiger partial charge in [0.2, 0.25) is 11.8 Å². The lowest BCUT2D eigenvalue weighted by molar-refractivity contribution is -0.139. The molecule has 1 saturated heterocycles. The Morgan fingerprint density at radius 1 is 1.19 bits per heavy atom. The van der Waals surface area contributed by atoms with Crippen molar-refractivity contribution in [3.63, 3.8) is 0 Å². The van der Waals surface area contributed by atoms with E-state index in [0.29, 0.717) is 0 Å². The molecule has 1 atom stereocenters. The molecule has 6 N–H and O–H groups in total. The van der Waals surface area contributed by atoms with Crippen LogP contribution in [0.4, 0.5) is 0 Å². The molecule has 7 heteroatoms. The first-order chi connectivity index (χ1) is 7.43. The fraction of sp³-hybridized carbons (Fsp3) is 0.667. The second kappa shape index (κ2) is 7.63. The van der Waals surface area contributed by atoms with Crippen LogP contribution in [-0.4, -0.2) is 35.5 Å². The summed E-state index contributed by atoms with van der Waals surface area (Å²) in [4.78, 5) is 30.0. The molecule has 1 fully saturated rings. The van der Waals surface area contributed by atoms with Gasteiger partial charge in [-0.05, 0) is 19.4 Å². The first-order valence-corrected chi connectivity index (χ1v) is 4.96. The summed E-state index contributed by atoms with van der Waals surface area (Å²) in [6.45, 7) is 0.858. The summed E-state index contributed by atoms with van der Waals surface area (Å²) < 4.78 is 0. The molecule has 0 radical (unpaired) electrons. The molecule has 16 heavy (non-hydrogen) atoms. The lowest BCUT2D eigenvalue weighted by Gasteiger charge is -1.99. The number of rotatable bonds is 4. The normalized spacial score (nSPS) is 18.4. The molecule has 0 unspecified atom stereocenters. The fourth-order valence-corrected chi connectivity index (χ4v) is 1.14. The van der Waals surface area contributed by atoms with Gasteiger partial charge in [0.15, 0.2) is 0 Å². The van der Waals surface area contributed by atoms with Crippen molar-refractivity contribution in [2.75, 3.05) is 6.54 Å². The molecular formula is C9H17N3O4. The topological polar surface area (TPSA) is 136 Å². The van der Waals surface area contributed by atoms with Gasteiger partial charge in [-0.15, -0.1) is 0 Å². The van der Waals surface area contributed by atoms with E-state index in [1.807, 2.05) is 0 Å². The van der Waals surface area contributed by atoms with Gasteiger partial charge in [0, 0.05) is 12.8 Å². The van der Waals surface area contributed by atoms with Crippen molar-refractivity contribution in [1.29, 1.82) is 0 Å². The number of nitrogens with one attached hydrogen (secondary N) is 1.